The average Bonchev–Trinajstić information content (AvgIpc) is 2.62. The van der Waals surface area contributed by atoms with E-state index in [0.29, 0.717) is 13.2 Å². The van der Waals surface area contributed by atoms with Gasteiger partial charge in [0.25, 0.3) is 0 Å². The van der Waals surface area contributed by atoms with Gasteiger partial charge in [0.1, 0.15) is 5.75 Å². The number of ether oxygens (including phenoxy) is 1. The summed E-state index contributed by atoms with van der Waals surface area (Å²) in [6.45, 7) is 4.54. The van der Waals surface area contributed by atoms with Gasteiger partial charge >= 0.3 is 0 Å². The summed E-state index contributed by atoms with van der Waals surface area (Å²) in [7, 11) is 2.15. The van der Waals surface area contributed by atoms with Crippen LogP contribution in [0, 0.1) is 0 Å². The van der Waals surface area contributed by atoms with Gasteiger partial charge in [0.05, 0.1) is 12.6 Å². The molecule has 1 atom stereocenters. The Balaban J connectivity index is 2.02. The number of rotatable bonds is 10. The monoisotopic (exact) mass is 326 g/mol. The SMILES string of the molecule is CCCCN(C)C(CN)c1ccccc1OCCc1ccccc1. The topological polar surface area (TPSA) is 38.5 Å². The van der Waals surface area contributed by atoms with Crippen molar-refractivity contribution >= 4 is 0 Å². The van der Waals surface area contributed by atoms with E-state index in [0.717, 1.165) is 18.7 Å². The second-order valence-electron chi connectivity index (χ2n) is 6.21. The summed E-state index contributed by atoms with van der Waals surface area (Å²) in [5, 5.41) is 0. The van der Waals surface area contributed by atoms with Crippen LogP contribution in [0.1, 0.15) is 36.9 Å². The standard InChI is InChI=1S/C21H30N2O/c1-3-4-15-23(2)20(17-22)19-12-8-9-13-21(19)24-16-14-18-10-6-5-7-11-18/h5-13,20H,3-4,14-17,22H2,1-2H3. The molecule has 3 heteroatoms. The van der Waals surface area contributed by atoms with Crippen molar-refractivity contribution in [1.82, 2.24) is 4.90 Å². The Kier molecular flexibility index (Phi) is 7.80. The molecule has 0 aliphatic carbocycles. The van der Waals surface area contributed by atoms with Crippen molar-refractivity contribution in [3.8, 4) is 5.75 Å². The Morgan fingerprint density at radius 2 is 1.75 bits per heavy atom. The largest absolute Gasteiger partial charge is 0.493 e. The molecule has 0 amide bonds. The fourth-order valence-electron chi connectivity index (χ4n) is 2.92. The van der Waals surface area contributed by atoms with Gasteiger partial charge in [-0.2, -0.15) is 0 Å². The normalized spacial score (nSPS) is 12.3. The van der Waals surface area contributed by atoms with Crippen LogP contribution in [0.4, 0.5) is 0 Å². The highest BCUT2D eigenvalue weighted by atomic mass is 16.5. The van der Waals surface area contributed by atoms with Gasteiger partial charge in [0.2, 0.25) is 0 Å². The molecule has 0 radical (unpaired) electrons. The fraction of sp³-hybridized carbons (Fsp3) is 0.429. The molecule has 0 aliphatic heterocycles. The average molecular weight is 326 g/mol. The molecule has 0 spiro atoms. The summed E-state index contributed by atoms with van der Waals surface area (Å²) >= 11 is 0. The summed E-state index contributed by atoms with van der Waals surface area (Å²) in [6.07, 6.45) is 3.29. The number of benzene rings is 2. The Morgan fingerprint density at radius 3 is 2.46 bits per heavy atom. The predicted octanol–water partition coefficient (Wildman–Crippen LogP) is 4.04. The Bertz CT molecular complexity index is 585. The molecule has 2 rings (SSSR count). The molecule has 0 aliphatic rings. The minimum absolute atomic E-state index is 0.199. The first-order valence-corrected chi connectivity index (χ1v) is 8.92. The van der Waals surface area contributed by atoms with Crippen LogP contribution in [-0.2, 0) is 6.42 Å². The maximum atomic E-state index is 6.10. The first-order valence-electron chi connectivity index (χ1n) is 8.92. The highest BCUT2D eigenvalue weighted by molar-refractivity contribution is 5.36. The van der Waals surface area contributed by atoms with Gasteiger partial charge in [-0.25, -0.2) is 0 Å². The first kappa shape index (κ1) is 18.5. The second kappa shape index (κ2) is 10.1. The highest BCUT2D eigenvalue weighted by Crippen LogP contribution is 2.28. The third kappa shape index (κ3) is 5.36. The number of hydrogen-bond acceptors (Lipinski definition) is 3. The zero-order valence-corrected chi connectivity index (χ0v) is 14.9. The number of nitrogens with zero attached hydrogens (tertiary/aromatic N) is 1. The molecule has 24 heavy (non-hydrogen) atoms. The summed E-state index contributed by atoms with van der Waals surface area (Å²) in [4.78, 5) is 2.34. The van der Waals surface area contributed by atoms with Gasteiger partial charge in [-0.1, -0.05) is 61.9 Å². The quantitative estimate of drug-likeness (QED) is 0.716. The minimum Gasteiger partial charge on any atom is -0.493 e. The molecule has 1 unspecified atom stereocenters. The van der Waals surface area contributed by atoms with Gasteiger partial charge in [-0.3, -0.25) is 4.90 Å². The third-order valence-electron chi connectivity index (χ3n) is 4.39. The maximum absolute atomic E-state index is 6.10. The Hall–Kier alpha value is -1.84. The molecular formula is C21H30N2O. The van der Waals surface area contributed by atoms with Crippen LogP contribution in [0.25, 0.3) is 0 Å². The van der Waals surface area contributed by atoms with E-state index >= 15 is 0 Å². The molecule has 2 aromatic rings. The molecule has 2 aromatic carbocycles. The second-order valence-corrected chi connectivity index (χ2v) is 6.21. The van der Waals surface area contributed by atoms with Crippen LogP contribution >= 0.6 is 0 Å². The predicted molar refractivity (Wildman–Crippen MR) is 101 cm³/mol. The summed E-state index contributed by atoms with van der Waals surface area (Å²) in [5.41, 5.74) is 8.55. The molecular weight excluding hydrogens is 296 g/mol. The lowest BCUT2D eigenvalue weighted by Crippen LogP contribution is -2.31. The highest BCUT2D eigenvalue weighted by Gasteiger charge is 2.18. The van der Waals surface area contributed by atoms with Gasteiger partial charge in [-0.15, -0.1) is 0 Å². The van der Waals surface area contributed by atoms with E-state index in [-0.39, 0.29) is 6.04 Å². The smallest absolute Gasteiger partial charge is 0.124 e. The lowest BCUT2D eigenvalue weighted by atomic mass is 10.0. The zero-order valence-electron chi connectivity index (χ0n) is 14.9. The maximum Gasteiger partial charge on any atom is 0.124 e. The first-order chi connectivity index (χ1) is 11.8. The van der Waals surface area contributed by atoms with Crippen LogP contribution in [0.15, 0.2) is 54.6 Å². The van der Waals surface area contributed by atoms with Crippen molar-refractivity contribution in [3.05, 3.63) is 65.7 Å². The molecule has 0 fully saturated rings. The number of likely N-dealkylation sites (N-methyl/N-ethyl adjacent to an activating group) is 1. The van der Waals surface area contributed by atoms with Crippen LogP contribution in [0.2, 0.25) is 0 Å². The van der Waals surface area contributed by atoms with E-state index in [1.54, 1.807) is 0 Å². The molecule has 3 nitrogen and oxygen atoms in total. The summed E-state index contributed by atoms with van der Waals surface area (Å²) < 4.78 is 6.10. The molecule has 0 heterocycles. The summed E-state index contributed by atoms with van der Waals surface area (Å²) in [5.74, 6) is 0.951. The Morgan fingerprint density at radius 1 is 1.04 bits per heavy atom. The summed E-state index contributed by atoms with van der Waals surface area (Å²) in [6, 6.07) is 18.9. The lowest BCUT2D eigenvalue weighted by molar-refractivity contribution is 0.235. The van der Waals surface area contributed by atoms with Crippen molar-refractivity contribution in [2.24, 2.45) is 5.73 Å². The van der Waals surface area contributed by atoms with Crippen molar-refractivity contribution in [2.75, 3.05) is 26.7 Å². The van der Waals surface area contributed by atoms with Gasteiger partial charge < -0.3 is 10.5 Å². The Labute approximate surface area is 146 Å². The van der Waals surface area contributed by atoms with E-state index in [4.69, 9.17) is 10.5 Å². The van der Waals surface area contributed by atoms with E-state index in [2.05, 4.69) is 61.3 Å². The van der Waals surface area contributed by atoms with Crippen molar-refractivity contribution in [2.45, 2.75) is 32.2 Å². The van der Waals surface area contributed by atoms with Gasteiger partial charge in [0, 0.05) is 18.5 Å². The van der Waals surface area contributed by atoms with Crippen molar-refractivity contribution in [3.63, 3.8) is 0 Å². The van der Waals surface area contributed by atoms with Crippen molar-refractivity contribution in [1.29, 1.82) is 0 Å². The van der Waals surface area contributed by atoms with E-state index in [9.17, 15) is 0 Å². The molecule has 0 saturated heterocycles. The van der Waals surface area contributed by atoms with E-state index in [1.165, 1.54) is 24.0 Å². The zero-order chi connectivity index (χ0) is 17.2. The van der Waals surface area contributed by atoms with Crippen LogP contribution < -0.4 is 10.5 Å². The molecule has 0 aromatic heterocycles. The number of unbranched alkanes of at least 4 members (excludes halogenated alkanes) is 1. The molecule has 2 N–H and O–H groups in total. The third-order valence-corrected chi connectivity index (χ3v) is 4.39. The fourth-order valence-corrected chi connectivity index (χ4v) is 2.92. The molecule has 130 valence electrons. The van der Waals surface area contributed by atoms with E-state index < -0.39 is 0 Å². The lowest BCUT2D eigenvalue weighted by Gasteiger charge is -2.28. The van der Waals surface area contributed by atoms with Crippen molar-refractivity contribution < 1.29 is 4.74 Å². The van der Waals surface area contributed by atoms with Gasteiger partial charge in [0.15, 0.2) is 0 Å². The van der Waals surface area contributed by atoms with Crippen LogP contribution in [-0.4, -0.2) is 31.6 Å². The molecule has 0 saturated carbocycles. The molecule has 0 bridgehead atoms. The van der Waals surface area contributed by atoms with Gasteiger partial charge in [-0.05, 0) is 31.6 Å². The minimum atomic E-state index is 0.199. The van der Waals surface area contributed by atoms with E-state index in [1.807, 2.05) is 12.1 Å². The number of nitrogens with two attached hydrogens (primary N) is 1. The number of hydrogen-bond donors (Lipinski definition) is 1. The number of para-hydroxylation sites is 1. The van der Waals surface area contributed by atoms with Crippen LogP contribution in [0.5, 0.6) is 5.75 Å². The van der Waals surface area contributed by atoms with Crippen LogP contribution in [0.3, 0.4) is 0 Å².